The first-order valence-electron chi connectivity index (χ1n) is 16.7. The van der Waals surface area contributed by atoms with E-state index in [-0.39, 0.29) is 5.91 Å². The monoisotopic (exact) mass is 670 g/mol. The Morgan fingerprint density at radius 2 is 1.62 bits per heavy atom. The van der Waals surface area contributed by atoms with E-state index >= 15 is 0 Å². The van der Waals surface area contributed by atoms with Gasteiger partial charge in [-0.15, -0.1) is 0 Å². The molecule has 9 nitrogen and oxygen atoms in total. The molecule has 1 aliphatic rings. The number of allylic oxidation sites excluding steroid dienone is 1. The Bertz CT molecular complexity index is 1260. The van der Waals surface area contributed by atoms with Crippen molar-refractivity contribution >= 4 is 35.0 Å². The van der Waals surface area contributed by atoms with Crippen molar-refractivity contribution in [3.05, 3.63) is 66.1 Å². The van der Waals surface area contributed by atoms with Crippen LogP contribution in [-0.4, -0.2) is 85.5 Å². The molecule has 0 radical (unpaired) electrons. The molecule has 10 heteroatoms. The Balaban J connectivity index is 0.00000170. The molecule has 47 heavy (non-hydrogen) atoms. The average molecular weight is 671 g/mol. The summed E-state index contributed by atoms with van der Waals surface area (Å²) in [6.45, 7) is 21.4. The van der Waals surface area contributed by atoms with Gasteiger partial charge in [0.1, 0.15) is 12.5 Å². The summed E-state index contributed by atoms with van der Waals surface area (Å²) in [5.41, 5.74) is 2.95. The van der Waals surface area contributed by atoms with Gasteiger partial charge in [-0.3, -0.25) is 14.7 Å². The van der Waals surface area contributed by atoms with E-state index in [0.29, 0.717) is 12.6 Å². The van der Waals surface area contributed by atoms with E-state index in [9.17, 15) is 4.79 Å². The molecule has 2 aromatic heterocycles. The topological polar surface area (TPSA) is 91.9 Å². The summed E-state index contributed by atoms with van der Waals surface area (Å²) in [6.07, 6.45) is 8.40. The van der Waals surface area contributed by atoms with Crippen LogP contribution in [0.15, 0.2) is 54.9 Å². The highest BCUT2D eigenvalue weighted by atomic mass is 32.1. The van der Waals surface area contributed by atoms with Crippen LogP contribution in [0.25, 0.3) is 16.5 Å². The molecule has 0 atom stereocenters. The number of fused-ring (bicyclic) bond motifs is 1. The zero-order chi connectivity index (χ0) is 35.6. The molecular weight excluding hydrogens is 609 g/mol. The normalized spacial score (nSPS) is 12.7. The molecule has 1 fully saturated rings. The number of amides is 1. The summed E-state index contributed by atoms with van der Waals surface area (Å²) in [7, 11) is 3.75. The summed E-state index contributed by atoms with van der Waals surface area (Å²) in [5.74, 6) is 2.24. The third-order valence-corrected chi connectivity index (χ3v) is 6.22. The molecule has 1 amide bonds. The van der Waals surface area contributed by atoms with E-state index < -0.39 is 0 Å². The minimum absolute atomic E-state index is 0.145. The summed E-state index contributed by atoms with van der Waals surface area (Å²) < 4.78 is 11.6. The number of thiol groups is 1. The van der Waals surface area contributed by atoms with Gasteiger partial charge in [-0.2, -0.15) is 12.6 Å². The van der Waals surface area contributed by atoms with Crippen molar-refractivity contribution in [2.24, 2.45) is 5.92 Å². The van der Waals surface area contributed by atoms with Crippen LogP contribution >= 0.6 is 12.6 Å². The van der Waals surface area contributed by atoms with Crippen LogP contribution in [0.1, 0.15) is 73.1 Å². The van der Waals surface area contributed by atoms with E-state index in [1.54, 1.807) is 19.4 Å². The fourth-order valence-electron chi connectivity index (χ4n) is 4.20. The van der Waals surface area contributed by atoms with Gasteiger partial charge in [0, 0.05) is 81.4 Å². The number of rotatable bonds is 10. The number of pyridine rings is 2. The molecule has 0 unspecified atom stereocenters. The van der Waals surface area contributed by atoms with Crippen molar-refractivity contribution in [3.8, 4) is 11.6 Å². The lowest BCUT2D eigenvalue weighted by Crippen LogP contribution is -2.47. The molecule has 3 aromatic rings. The van der Waals surface area contributed by atoms with Gasteiger partial charge in [-0.1, -0.05) is 47.6 Å². The highest BCUT2D eigenvalue weighted by Crippen LogP contribution is 2.26. The van der Waals surface area contributed by atoms with Gasteiger partial charge in [0.2, 0.25) is 11.8 Å². The summed E-state index contributed by atoms with van der Waals surface area (Å²) in [5, 5.41) is 8.17. The Morgan fingerprint density at radius 1 is 0.979 bits per heavy atom. The minimum atomic E-state index is 0.145. The second kappa shape index (κ2) is 26.8. The van der Waals surface area contributed by atoms with Crippen LogP contribution in [0.5, 0.6) is 11.6 Å². The molecule has 1 aromatic carbocycles. The van der Waals surface area contributed by atoms with Gasteiger partial charge in [0.15, 0.2) is 0 Å². The van der Waals surface area contributed by atoms with Crippen LogP contribution in [0.4, 0.5) is 0 Å². The van der Waals surface area contributed by atoms with Crippen molar-refractivity contribution in [1.82, 2.24) is 30.4 Å². The van der Waals surface area contributed by atoms with Crippen molar-refractivity contribution in [3.63, 3.8) is 0 Å². The maximum Gasteiger partial charge on any atom is 0.219 e. The minimum Gasteiger partial charge on any atom is -0.439 e. The van der Waals surface area contributed by atoms with E-state index in [1.165, 1.54) is 0 Å². The highest BCUT2D eigenvalue weighted by Gasteiger charge is 2.19. The van der Waals surface area contributed by atoms with Gasteiger partial charge in [0.05, 0.1) is 5.69 Å². The molecule has 4 rings (SSSR count). The number of piperazine rings is 1. The number of hydrogen-bond donors (Lipinski definition) is 3. The quantitative estimate of drug-likeness (QED) is 0.116. The Morgan fingerprint density at radius 3 is 2.15 bits per heavy atom. The van der Waals surface area contributed by atoms with Crippen molar-refractivity contribution in [2.75, 3.05) is 59.9 Å². The molecular formula is C37H62N6O3S. The second-order valence-electron chi connectivity index (χ2n) is 11.1. The Hall–Kier alpha value is -3.18. The number of hydrogen-bond acceptors (Lipinski definition) is 9. The number of nitrogens with one attached hydrogen (secondary N) is 2. The summed E-state index contributed by atoms with van der Waals surface area (Å²) in [4.78, 5) is 24.9. The first kappa shape index (κ1) is 43.8. The molecule has 1 aliphatic heterocycles. The second-order valence-corrected chi connectivity index (χ2v) is 11.1. The van der Waals surface area contributed by atoms with Crippen molar-refractivity contribution in [2.45, 2.75) is 68.4 Å². The third kappa shape index (κ3) is 18.1. The standard InChI is InChI=1S/C28H35N5O3.C4H10.C2H7N.C2H6.CH4S/c1-4-14-35-20-31-27(5-2)23-7-9-28(30-18-23)36-26-8-6-22-17-29-25(15-24(22)16-26)19-32-10-12-33(13-11-32)21(3)34;1-4(2)3;1-3-2;2*1-2/h5-9,15-18,31H,4,10-14,19-20H2,1-3H3;4H,1-3H3;3H,1-2H3;1-2H3;2H,1H3/b27-5-;;;;. The smallest absolute Gasteiger partial charge is 0.219 e. The zero-order valence-corrected chi connectivity index (χ0v) is 31.8. The lowest BCUT2D eigenvalue weighted by Gasteiger charge is -2.33. The van der Waals surface area contributed by atoms with Crippen LogP contribution in [-0.2, 0) is 16.1 Å². The average Bonchev–Trinajstić information content (AvgIpc) is 3.07. The molecule has 0 spiro atoms. The van der Waals surface area contributed by atoms with Gasteiger partial charge in [-0.25, -0.2) is 4.98 Å². The highest BCUT2D eigenvalue weighted by molar-refractivity contribution is 7.79. The summed E-state index contributed by atoms with van der Waals surface area (Å²) in [6, 6.07) is 11.9. The maximum atomic E-state index is 11.6. The van der Waals surface area contributed by atoms with Crippen LogP contribution in [0.2, 0.25) is 0 Å². The number of aromatic nitrogens is 2. The zero-order valence-electron chi connectivity index (χ0n) is 30.9. The number of ether oxygens (including phenoxy) is 2. The number of nitrogens with zero attached hydrogens (tertiary/aromatic N) is 4. The number of carbonyl (C=O) groups excluding carboxylic acids is 1. The largest absolute Gasteiger partial charge is 0.439 e. The predicted molar refractivity (Wildman–Crippen MR) is 203 cm³/mol. The fraction of sp³-hybridized carbons (Fsp3) is 0.541. The van der Waals surface area contributed by atoms with Gasteiger partial charge >= 0.3 is 0 Å². The Kier molecular flexibility index (Phi) is 25.0. The lowest BCUT2D eigenvalue weighted by atomic mass is 10.1. The SMILES string of the molecule is C/C=C(\NCOCCC)c1ccc(Oc2ccc3cnc(CN4CCN(C(C)=O)CC4)cc3c2)nc1.CC.CC(C)C.CNC.CS. The Labute approximate surface area is 290 Å². The molecule has 2 N–H and O–H groups in total. The molecule has 3 heterocycles. The first-order valence-corrected chi connectivity index (χ1v) is 17.6. The third-order valence-electron chi connectivity index (χ3n) is 6.22. The maximum absolute atomic E-state index is 11.6. The molecule has 0 saturated carbocycles. The van der Waals surface area contributed by atoms with E-state index in [1.807, 2.05) is 82.4 Å². The number of carbonyl (C=O) groups is 1. The van der Waals surface area contributed by atoms with Gasteiger partial charge in [0.25, 0.3) is 0 Å². The van der Waals surface area contributed by atoms with Crippen LogP contribution < -0.4 is 15.4 Å². The lowest BCUT2D eigenvalue weighted by molar-refractivity contribution is -0.130. The fourth-order valence-corrected chi connectivity index (χ4v) is 4.20. The van der Waals surface area contributed by atoms with Gasteiger partial charge < -0.3 is 25.0 Å². The van der Waals surface area contributed by atoms with E-state index in [0.717, 1.165) is 85.1 Å². The van der Waals surface area contributed by atoms with Crippen molar-refractivity contribution in [1.29, 1.82) is 0 Å². The predicted octanol–water partition coefficient (Wildman–Crippen LogP) is 7.49. The van der Waals surface area contributed by atoms with Gasteiger partial charge in [-0.05, 0) is 75.3 Å². The number of benzene rings is 1. The van der Waals surface area contributed by atoms with E-state index in [4.69, 9.17) is 9.47 Å². The first-order chi connectivity index (χ1) is 22.7. The molecule has 0 aliphatic carbocycles. The van der Waals surface area contributed by atoms with E-state index in [2.05, 4.69) is 71.9 Å². The molecule has 1 saturated heterocycles. The molecule has 264 valence electrons. The summed E-state index contributed by atoms with van der Waals surface area (Å²) >= 11 is 3.53. The molecule has 0 bridgehead atoms. The van der Waals surface area contributed by atoms with Crippen LogP contribution in [0.3, 0.4) is 0 Å². The van der Waals surface area contributed by atoms with Crippen LogP contribution in [0, 0.1) is 5.92 Å². The van der Waals surface area contributed by atoms with Crippen molar-refractivity contribution < 1.29 is 14.3 Å².